The summed E-state index contributed by atoms with van der Waals surface area (Å²) in [6, 6.07) is 4.86. The van der Waals surface area contributed by atoms with E-state index in [0.717, 1.165) is 16.8 Å². The summed E-state index contributed by atoms with van der Waals surface area (Å²) in [5.41, 5.74) is 2.99. The van der Waals surface area contributed by atoms with Crippen molar-refractivity contribution in [1.29, 1.82) is 0 Å². The summed E-state index contributed by atoms with van der Waals surface area (Å²) in [7, 11) is 1.83. The lowest BCUT2D eigenvalue weighted by atomic mass is 10.0. The highest BCUT2D eigenvalue weighted by atomic mass is 16.6. The van der Waals surface area contributed by atoms with Crippen molar-refractivity contribution in [3.05, 3.63) is 45.5 Å². The maximum Gasteiger partial charge on any atom is 0.269 e. The van der Waals surface area contributed by atoms with Crippen molar-refractivity contribution in [2.24, 2.45) is 0 Å². The molecule has 1 N–H and O–H groups in total. The molecule has 0 unspecified atom stereocenters. The van der Waals surface area contributed by atoms with Gasteiger partial charge in [-0.05, 0) is 25.5 Å². The molecule has 0 aliphatic heterocycles. The van der Waals surface area contributed by atoms with Crippen LogP contribution < -0.4 is 5.32 Å². The number of aryl methyl sites for hydroxylation is 1. The van der Waals surface area contributed by atoms with Crippen molar-refractivity contribution in [3.8, 4) is 0 Å². The highest BCUT2D eigenvalue weighted by Crippen LogP contribution is 2.21. The molecule has 0 saturated carbocycles. The van der Waals surface area contributed by atoms with Crippen LogP contribution in [0.15, 0.2) is 24.3 Å². The van der Waals surface area contributed by atoms with E-state index in [0.29, 0.717) is 0 Å². The average Bonchev–Trinajstić information content (AvgIpc) is 2.21. The quantitative estimate of drug-likeness (QED) is 0.610. The molecular formula is C11H14N2O2. The van der Waals surface area contributed by atoms with E-state index in [2.05, 4.69) is 5.32 Å². The van der Waals surface area contributed by atoms with Crippen LogP contribution in [0, 0.1) is 17.0 Å². The van der Waals surface area contributed by atoms with Crippen LogP contribution in [0.4, 0.5) is 5.69 Å². The fourth-order valence-corrected chi connectivity index (χ4v) is 1.50. The van der Waals surface area contributed by atoms with Crippen molar-refractivity contribution < 1.29 is 4.92 Å². The highest BCUT2D eigenvalue weighted by molar-refractivity contribution is 5.67. The Hall–Kier alpha value is -1.84. The monoisotopic (exact) mass is 206 g/mol. The van der Waals surface area contributed by atoms with E-state index in [1.165, 1.54) is 6.07 Å². The van der Waals surface area contributed by atoms with Gasteiger partial charge >= 0.3 is 0 Å². The number of allylic oxidation sites excluding steroid dienone is 1. The van der Waals surface area contributed by atoms with Crippen molar-refractivity contribution >= 4 is 11.4 Å². The third kappa shape index (κ3) is 2.34. The van der Waals surface area contributed by atoms with Crippen molar-refractivity contribution in [3.63, 3.8) is 0 Å². The van der Waals surface area contributed by atoms with Crippen LogP contribution in [0.3, 0.4) is 0 Å². The van der Waals surface area contributed by atoms with Gasteiger partial charge in [0.15, 0.2) is 0 Å². The Balaban J connectivity index is 3.19. The topological polar surface area (TPSA) is 55.2 Å². The second kappa shape index (κ2) is 4.59. The van der Waals surface area contributed by atoms with E-state index >= 15 is 0 Å². The van der Waals surface area contributed by atoms with E-state index in [1.54, 1.807) is 12.1 Å². The largest absolute Gasteiger partial charge is 0.388 e. The average molecular weight is 206 g/mol. The number of rotatable bonds is 3. The smallest absolute Gasteiger partial charge is 0.269 e. The first-order chi connectivity index (χ1) is 7.10. The molecule has 0 fully saturated rings. The molecule has 0 aromatic heterocycles. The van der Waals surface area contributed by atoms with Crippen LogP contribution in [0.5, 0.6) is 0 Å². The molecule has 1 aromatic carbocycles. The van der Waals surface area contributed by atoms with E-state index in [9.17, 15) is 10.1 Å². The summed E-state index contributed by atoms with van der Waals surface area (Å²) in [6.07, 6.45) is 1.94. The van der Waals surface area contributed by atoms with Gasteiger partial charge in [0.25, 0.3) is 5.69 Å². The Bertz CT molecular complexity index is 411. The van der Waals surface area contributed by atoms with Gasteiger partial charge in [0.2, 0.25) is 0 Å². The van der Waals surface area contributed by atoms with Gasteiger partial charge in [-0.2, -0.15) is 0 Å². The van der Waals surface area contributed by atoms with Gasteiger partial charge in [0.05, 0.1) is 4.92 Å². The Labute approximate surface area is 88.8 Å². The van der Waals surface area contributed by atoms with Crippen LogP contribution in [0.25, 0.3) is 5.70 Å². The van der Waals surface area contributed by atoms with Crippen LogP contribution in [0.2, 0.25) is 0 Å². The third-order valence-corrected chi connectivity index (χ3v) is 2.27. The number of nitrogens with zero attached hydrogens (tertiary/aromatic N) is 1. The summed E-state index contributed by atoms with van der Waals surface area (Å²) in [5, 5.41) is 13.6. The molecule has 15 heavy (non-hydrogen) atoms. The number of hydrogen-bond donors (Lipinski definition) is 1. The zero-order valence-corrected chi connectivity index (χ0v) is 9.07. The van der Waals surface area contributed by atoms with Gasteiger partial charge in [0.1, 0.15) is 0 Å². The second-order valence-corrected chi connectivity index (χ2v) is 3.21. The van der Waals surface area contributed by atoms with Crippen molar-refractivity contribution in [2.45, 2.75) is 13.8 Å². The minimum Gasteiger partial charge on any atom is -0.388 e. The molecule has 80 valence electrons. The molecule has 1 aromatic rings. The Morgan fingerprint density at radius 2 is 2.20 bits per heavy atom. The van der Waals surface area contributed by atoms with E-state index < -0.39 is 0 Å². The Morgan fingerprint density at radius 1 is 1.53 bits per heavy atom. The van der Waals surface area contributed by atoms with Crippen molar-refractivity contribution in [2.75, 3.05) is 7.05 Å². The molecule has 0 atom stereocenters. The van der Waals surface area contributed by atoms with E-state index in [1.807, 2.05) is 27.0 Å². The fraction of sp³-hybridized carbons (Fsp3) is 0.273. The van der Waals surface area contributed by atoms with E-state index in [-0.39, 0.29) is 10.6 Å². The molecule has 0 bridgehead atoms. The number of nitro benzene ring substituents is 1. The molecule has 0 radical (unpaired) electrons. The van der Waals surface area contributed by atoms with Gasteiger partial charge in [-0.15, -0.1) is 0 Å². The maximum atomic E-state index is 10.5. The van der Waals surface area contributed by atoms with Gasteiger partial charge < -0.3 is 5.32 Å². The zero-order chi connectivity index (χ0) is 11.4. The minimum atomic E-state index is -0.383. The minimum absolute atomic E-state index is 0.128. The summed E-state index contributed by atoms with van der Waals surface area (Å²) in [6.45, 7) is 3.79. The number of hydrogen-bond acceptors (Lipinski definition) is 3. The summed E-state index contributed by atoms with van der Waals surface area (Å²) in [5.74, 6) is 0. The van der Waals surface area contributed by atoms with Crippen LogP contribution >= 0.6 is 0 Å². The first-order valence-corrected chi connectivity index (χ1v) is 4.69. The molecule has 0 aliphatic carbocycles. The van der Waals surface area contributed by atoms with Gasteiger partial charge in [0, 0.05) is 30.4 Å². The molecular weight excluding hydrogens is 192 g/mol. The van der Waals surface area contributed by atoms with Crippen molar-refractivity contribution in [1.82, 2.24) is 5.32 Å². The summed E-state index contributed by atoms with van der Waals surface area (Å²) < 4.78 is 0. The first kappa shape index (κ1) is 11.2. The Kier molecular flexibility index (Phi) is 3.44. The lowest BCUT2D eigenvalue weighted by Gasteiger charge is -2.09. The van der Waals surface area contributed by atoms with Gasteiger partial charge in [-0.3, -0.25) is 10.1 Å². The van der Waals surface area contributed by atoms with Crippen LogP contribution in [-0.4, -0.2) is 12.0 Å². The standard InChI is InChI=1S/C11H14N2O2/c1-4-11(12-3)10-6-5-9(13(14)15)7-8(10)2/h4-7,12H,1-3H3/b11-4-. The molecule has 4 heteroatoms. The van der Waals surface area contributed by atoms with Gasteiger partial charge in [-0.25, -0.2) is 0 Å². The maximum absolute atomic E-state index is 10.5. The van der Waals surface area contributed by atoms with Crippen LogP contribution in [0.1, 0.15) is 18.1 Å². The number of benzene rings is 1. The Morgan fingerprint density at radius 3 is 2.60 bits per heavy atom. The van der Waals surface area contributed by atoms with Gasteiger partial charge in [-0.1, -0.05) is 6.08 Å². The lowest BCUT2D eigenvalue weighted by Crippen LogP contribution is -2.05. The zero-order valence-electron chi connectivity index (χ0n) is 9.07. The second-order valence-electron chi connectivity index (χ2n) is 3.21. The number of non-ortho nitro benzene ring substituents is 1. The summed E-state index contributed by atoms with van der Waals surface area (Å²) >= 11 is 0. The molecule has 0 spiro atoms. The lowest BCUT2D eigenvalue weighted by molar-refractivity contribution is -0.384. The molecule has 0 amide bonds. The molecule has 0 saturated heterocycles. The predicted octanol–water partition coefficient (Wildman–Crippen LogP) is 2.48. The van der Waals surface area contributed by atoms with E-state index in [4.69, 9.17) is 0 Å². The molecule has 4 nitrogen and oxygen atoms in total. The number of nitrogens with one attached hydrogen (secondary N) is 1. The highest BCUT2D eigenvalue weighted by Gasteiger charge is 2.09. The SMILES string of the molecule is C/C=C(\NC)c1ccc([N+](=O)[O-])cc1C. The summed E-state index contributed by atoms with van der Waals surface area (Å²) in [4.78, 5) is 10.2. The fourth-order valence-electron chi connectivity index (χ4n) is 1.50. The normalized spacial score (nSPS) is 11.3. The molecule has 1 rings (SSSR count). The molecule has 0 aliphatic rings. The first-order valence-electron chi connectivity index (χ1n) is 4.69. The number of nitro groups is 1. The predicted molar refractivity (Wildman–Crippen MR) is 60.5 cm³/mol. The molecule has 0 heterocycles. The third-order valence-electron chi connectivity index (χ3n) is 2.27. The van der Waals surface area contributed by atoms with Crippen LogP contribution in [-0.2, 0) is 0 Å².